The van der Waals surface area contributed by atoms with Crippen LogP contribution in [0.1, 0.15) is 27.8 Å². The van der Waals surface area contributed by atoms with E-state index in [1.54, 1.807) is 24.3 Å². The van der Waals surface area contributed by atoms with E-state index in [0.29, 0.717) is 16.3 Å². The van der Waals surface area contributed by atoms with E-state index in [2.05, 4.69) is 5.32 Å². The predicted molar refractivity (Wildman–Crippen MR) is 126 cm³/mol. The fourth-order valence-electron chi connectivity index (χ4n) is 3.86. The highest BCUT2D eigenvalue weighted by Gasteiger charge is 2.41. The lowest BCUT2D eigenvalue weighted by molar-refractivity contribution is -0.120. The maximum absolute atomic E-state index is 13.6. The molecule has 0 radical (unpaired) electrons. The molecular formula is C26H23ClN2O2. The zero-order valence-electron chi connectivity index (χ0n) is 17.9. The first-order chi connectivity index (χ1) is 14.8. The smallest absolute Gasteiger partial charge is 0.282 e. The lowest BCUT2D eigenvalue weighted by Gasteiger charge is -2.16. The highest BCUT2D eigenvalue weighted by molar-refractivity contribution is 6.46. The number of aryl methyl sites for hydroxylation is 3. The first-order valence-electron chi connectivity index (χ1n) is 10.1. The third kappa shape index (κ3) is 3.75. The number of carbonyl (C=O) groups excluding carboxylic acids is 2. The number of nitrogens with zero attached hydrogens (tertiary/aromatic N) is 1. The maximum Gasteiger partial charge on any atom is 0.282 e. The highest BCUT2D eigenvalue weighted by atomic mass is 35.5. The second-order valence-corrected chi connectivity index (χ2v) is 8.30. The minimum absolute atomic E-state index is 0.269. The molecule has 3 aromatic rings. The van der Waals surface area contributed by atoms with Crippen LogP contribution in [-0.2, 0) is 9.59 Å². The summed E-state index contributed by atoms with van der Waals surface area (Å²) in [5.41, 5.74) is 6.77. The van der Waals surface area contributed by atoms with Gasteiger partial charge in [0.15, 0.2) is 0 Å². The lowest BCUT2D eigenvalue weighted by Crippen LogP contribution is -2.32. The SMILES string of the molecule is Cc1ccc(C2=C(Nc3cccc(C)c3C)C(=O)N(c3cccc(Cl)c3)C2=O)c(C)c1. The molecule has 5 heteroatoms. The Kier molecular flexibility index (Phi) is 5.42. The van der Waals surface area contributed by atoms with Crippen molar-refractivity contribution in [3.63, 3.8) is 0 Å². The van der Waals surface area contributed by atoms with Crippen molar-refractivity contribution < 1.29 is 9.59 Å². The number of halogens is 1. The molecule has 1 N–H and O–H groups in total. The molecule has 0 fully saturated rings. The van der Waals surface area contributed by atoms with E-state index in [1.807, 2.05) is 64.1 Å². The van der Waals surface area contributed by atoms with Crippen LogP contribution in [0.2, 0.25) is 5.02 Å². The van der Waals surface area contributed by atoms with Gasteiger partial charge in [-0.05, 0) is 74.2 Å². The summed E-state index contributed by atoms with van der Waals surface area (Å²) in [7, 11) is 0. The number of carbonyl (C=O) groups is 2. The van der Waals surface area contributed by atoms with Gasteiger partial charge in [0.1, 0.15) is 5.70 Å². The van der Waals surface area contributed by atoms with Crippen LogP contribution < -0.4 is 10.2 Å². The number of nitrogens with one attached hydrogen (secondary N) is 1. The van der Waals surface area contributed by atoms with Crippen molar-refractivity contribution in [1.82, 2.24) is 0 Å². The molecule has 1 heterocycles. The quantitative estimate of drug-likeness (QED) is 0.518. The van der Waals surface area contributed by atoms with E-state index < -0.39 is 5.91 Å². The van der Waals surface area contributed by atoms with Crippen molar-refractivity contribution in [2.24, 2.45) is 0 Å². The van der Waals surface area contributed by atoms with Gasteiger partial charge in [-0.25, -0.2) is 4.90 Å². The third-order valence-electron chi connectivity index (χ3n) is 5.67. The number of benzene rings is 3. The van der Waals surface area contributed by atoms with Crippen molar-refractivity contribution in [1.29, 1.82) is 0 Å². The highest BCUT2D eigenvalue weighted by Crippen LogP contribution is 2.36. The summed E-state index contributed by atoms with van der Waals surface area (Å²) >= 11 is 6.14. The van der Waals surface area contributed by atoms with Crippen molar-refractivity contribution >= 4 is 40.4 Å². The van der Waals surface area contributed by atoms with Gasteiger partial charge in [0.05, 0.1) is 11.3 Å². The fourth-order valence-corrected chi connectivity index (χ4v) is 4.05. The van der Waals surface area contributed by atoms with E-state index >= 15 is 0 Å². The molecule has 0 bridgehead atoms. The summed E-state index contributed by atoms with van der Waals surface area (Å²) in [5.74, 6) is -0.768. The molecule has 3 aromatic carbocycles. The Balaban J connectivity index is 1.89. The topological polar surface area (TPSA) is 49.4 Å². The van der Waals surface area contributed by atoms with Crippen molar-refractivity contribution in [2.45, 2.75) is 27.7 Å². The molecule has 0 aliphatic carbocycles. The van der Waals surface area contributed by atoms with Gasteiger partial charge in [0.2, 0.25) is 0 Å². The van der Waals surface area contributed by atoms with Crippen molar-refractivity contribution in [3.05, 3.63) is 99.2 Å². The Bertz CT molecular complexity index is 1260. The average molecular weight is 431 g/mol. The monoisotopic (exact) mass is 430 g/mol. The van der Waals surface area contributed by atoms with Crippen LogP contribution in [0.15, 0.2) is 66.4 Å². The summed E-state index contributed by atoms with van der Waals surface area (Å²) in [5, 5.41) is 3.73. The van der Waals surface area contributed by atoms with Gasteiger partial charge in [0, 0.05) is 10.7 Å². The molecule has 4 nitrogen and oxygen atoms in total. The van der Waals surface area contributed by atoms with Gasteiger partial charge in [0.25, 0.3) is 11.8 Å². The number of amides is 2. The van der Waals surface area contributed by atoms with E-state index in [4.69, 9.17) is 11.6 Å². The van der Waals surface area contributed by atoms with Crippen LogP contribution >= 0.6 is 11.6 Å². The van der Waals surface area contributed by atoms with Crippen LogP contribution in [0, 0.1) is 27.7 Å². The number of hydrogen-bond donors (Lipinski definition) is 1. The first-order valence-corrected chi connectivity index (χ1v) is 10.4. The largest absolute Gasteiger partial charge is 0.350 e. The van der Waals surface area contributed by atoms with Gasteiger partial charge in [-0.1, -0.05) is 53.6 Å². The molecule has 2 amide bonds. The molecule has 31 heavy (non-hydrogen) atoms. The van der Waals surface area contributed by atoms with Gasteiger partial charge < -0.3 is 5.32 Å². The number of imide groups is 1. The summed E-state index contributed by atoms with van der Waals surface area (Å²) in [4.78, 5) is 28.3. The first kappa shape index (κ1) is 20.9. The minimum Gasteiger partial charge on any atom is -0.350 e. The Morgan fingerprint density at radius 1 is 0.806 bits per heavy atom. The van der Waals surface area contributed by atoms with E-state index in [9.17, 15) is 9.59 Å². The molecule has 1 aliphatic heterocycles. The number of anilines is 2. The third-order valence-corrected chi connectivity index (χ3v) is 5.90. The van der Waals surface area contributed by atoms with Gasteiger partial charge in [-0.15, -0.1) is 0 Å². The molecule has 0 saturated carbocycles. The van der Waals surface area contributed by atoms with Crippen molar-refractivity contribution in [2.75, 3.05) is 10.2 Å². The van der Waals surface area contributed by atoms with Gasteiger partial charge >= 0.3 is 0 Å². The van der Waals surface area contributed by atoms with Crippen LogP contribution in [0.5, 0.6) is 0 Å². The standard InChI is InChI=1S/C26H23ClN2O2/c1-15-11-12-21(17(3)13-15)23-24(28-22-10-5-7-16(2)18(22)4)26(31)29(25(23)30)20-9-6-8-19(27)14-20/h5-14,28H,1-4H3. The molecular weight excluding hydrogens is 408 g/mol. The van der Waals surface area contributed by atoms with Crippen LogP contribution in [0.25, 0.3) is 5.57 Å². The fraction of sp³-hybridized carbons (Fsp3) is 0.154. The summed E-state index contributed by atoms with van der Waals surface area (Å²) in [6.07, 6.45) is 0. The summed E-state index contributed by atoms with van der Waals surface area (Å²) in [6.45, 7) is 7.95. The summed E-state index contributed by atoms with van der Waals surface area (Å²) < 4.78 is 0. The van der Waals surface area contributed by atoms with Crippen molar-refractivity contribution in [3.8, 4) is 0 Å². The van der Waals surface area contributed by atoms with Crippen LogP contribution in [-0.4, -0.2) is 11.8 Å². The second-order valence-electron chi connectivity index (χ2n) is 7.87. The molecule has 0 spiro atoms. The Hall–Kier alpha value is -3.37. The molecule has 0 aromatic heterocycles. The summed E-state index contributed by atoms with van der Waals surface area (Å²) in [6, 6.07) is 18.5. The molecule has 0 unspecified atom stereocenters. The average Bonchev–Trinajstić information content (AvgIpc) is 2.95. The number of hydrogen-bond acceptors (Lipinski definition) is 3. The molecule has 4 rings (SSSR count). The Morgan fingerprint density at radius 3 is 2.26 bits per heavy atom. The molecule has 0 saturated heterocycles. The molecule has 0 atom stereocenters. The van der Waals surface area contributed by atoms with Gasteiger partial charge in [-0.3, -0.25) is 9.59 Å². The van der Waals surface area contributed by atoms with E-state index in [0.717, 1.165) is 33.5 Å². The second kappa shape index (κ2) is 8.05. The minimum atomic E-state index is -0.400. The Morgan fingerprint density at radius 2 is 1.55 bits per heavy atom. The zero-order valence-corrected chi connectivity index (χ0v) is 18.7. The van der Waals surface area contributed by atoms with Crippen LogP contribution in [0.4, 0.5) is 11.4 Å². The van der Waals surface area contributed by atoms with E-state index in [-0.39, 0.29) is 11.6 Å². The molecule has 156 valence electrons. The predicted octanol–water partition coefficient (Wildman–Crippen LogP) is 5.97. The zero-order chi connectivity index (χ0) is 22.3. The normalized spacial score (nSPS) is 13.9. The van der Waals surface area contributed by atoms with Gasteiger partial charge in [-0.2, -0.15) is 0 Å². The maximum atomic E-state index is 13.6. The molecule has 1 aliphatic rings. The number of rotatable bonds is 4. The lowest BCUT2D eigenvalue weighted by atomic mass is 9.97. The Labute approximate surface area is 187 Å². The van der Waals surface area contributed by atoms with E-state index in [1.165, 1.54) is 4.90 Å². The van der Waals surface area contributed by atoms with Crippen LogP contribution in [0.3, 0.4) is 0 Å².